The van der Waals surface area contributed by atoms with Gasteiger partial charge in [-0.1, -0.05) is 39.0 Å². The van der Waals surface area contributed by atoms with E-state index in [0.29, 0.717) is 18.4 Å². The molecule has 26 heavy (non-hydrogen) atoms. The van der Waals surface area contributed by atoms with Crippen LogP contribution in [0.25, 0.3) is 5.69 Å². The van der Waals surface area contributed by atoms with E-state index in [2.05, 4.69) is 43.2 Å². The number of carbonyl (C=O) groups excluding carboxylic acids is 1. The average Bonchev–Trinajstić information content (AvgIpc) is 3.02. The molecule has 2 heterocycles. The molecule has 0 unspecified atom stereocenters. The lowest BCUT2D eigenvalue weighted by atomic mass is 9.92. The summed E-state index contributed by atoms with van der Waals surface area (Å²) in [5.41, 5.74) is 1.80. The van der Waals surface area contributed by atoms with E-state index in [4.69, 9.17) is 5.10 Å². The first kappa shape index (κ1) is 18.6. The number of piperazine rings is 1. The van der Waals surface area contributed by atoms with Crippen LogP contribution in [0.3, 0.4) is 0 Å². The zero-order valence-corrected chi connectivity index (χ0v) is 16.1. The Hall–Kier alpha value is -2.18. The Balaban J connectivity index is 1.81. The number of nitrogens with one attached hydrogen (secondary N) is 2. The molecule has 1 aromatic heterocycles. The van der Waals surface area contributed by atoms with Gasteiger partial charge in [-0.25, -0.2) is 4.68 Å². The number of para-hydroxylation sites is 1. The molecule has 6 heteroatoms. The number of amides is 1. The Morgan fingerprint density at radius 2 is 2.04 bits per heavy atom. The highest BCUT2D eigenvalue weighted by atomic mass is 16.2. The van der Waals surface area contributed by atoms with E-state index >= 15 is 0 Å². The van der Waals surface area contributed by atoms with Crippen LogP contribution in [0.1, 0.15) is 33.4 Å². The minimum atomic E-state index is -0.0907. The van der Waals surface area contributed by atoms with E-state index in [9.17, 15) is 4.79 Å². The van der Waals surface area contributed by atoms with Gasteiger partial charge in [0.25, 0.3) is 0 Å². The van der Waals surface area contributed by atoms with Crippen LogP contribution in [0.5, 0.6) is 0 Å². The van der Waals surface area contributed by atoms with Crippen molar-refractivity contribution in [3.63, 3.8) is 0 Å². The van der Waals surface area contributed by atoms with Crippen molar-refractivity contribution in [1.82, 2.24) is 20.0 Å². The highest BCUT2D eigenvalue weighted by molar-refractivity contribution is 5.91. The Labute approximate surface area is 155 Å². The minimum absolute atomic E-state index is 0.00343. The van der Waals surface area contributed by atoms with Crippen molar-refractivity contribution in [2.45, 2.75) is 39.2 Å². The monoisotopic (exact) mass is 355 g/mol. The van der Waals surface area contributed by atoms with E-state index in [1.807, 2.05) is 41.1 Å². The van der Waals surface area contributed by atoms with E-state index < -0.39 is 0 Å². The molecule has 0 aliphatic carbocycles. The summed E-state index contributed by atoms with van der Waals surface area (Å²) in [6.45, 7) is 11.6. The first-order valence-electron chi connectivity index (χ1n) is 9.25. The third kappa shape index (κ3) is 4.31. The zero-order valence-electron chi connectivity index (χ0n) is 16.1. The number of hydrogen-bond acceptors (Lipinski definition) is 4. The predicted octanol–water partition coefficient (Wildman–Crippen LogP) is 2.40. The molecule has 1 atom stereocenters. The van der Waals surface area contributed by atoms with Gasteiger partial charge in [0, 0.05) is 37.2 Å². The van der Waals surface area contributed by atoms with Crippen molar-refractivity contribution in [2.75, 3.05) is 31.5 Å². The molecule has 1 aromatic carbocycles. The number of rotatable bonds is 4. The van der Waals surface area contributed by atoms with Crippen molar-refractivity contribution in [3.8, 4) is 5.69 Å². The van der Waals surface area contributed by atoms with Gasteiger partial charge < -0.3 is 10.6 Å². The van der Waals surface area contributed by atoms with Crippen molar-refractivity contribution in [3.05, 3.63) is 42.1 Å². The summed E-state index contributed by atoms with van der Waals surface area (Å²) in [6, 6.07) is 12.2. The molecular formula is C20H29N5O. The highest BCUT2D eigenvalue weighted by Crippen LogP contribution is 2.26. The lowest BCUT2D eigenvalue weighted by molar-refractivity contribution is -0.118. The van der Waals surface area contributed by atoms with Crippen LogP contribution in [-0.4, -0.2) is 52.8 Å². The maximum absolute atomic E-state index is 12.7. The molecule has 0 saturated carbocycles. The highest BCUT2D eigenvalue weighted by Gasteiger charge is 2.23. The molecule has 6 nitrogen and oxygen atoms in total. The summed E-state index contributed by atoms with van der Waals surface area (Å²) in [6.07, 6.45) is 0. The number of hydrogen-bond donors (Lipinski definition) is 2. The van der Waals surface area contributed by atoms with Crippen LogP contribution in [0.15, 0.2) is 36.4 Å². The number of aromatic nitrogens is 2. The smallest absolute Gasteiger partial charge is 0.239 e. The van der Waals surface area contributed by atoms with Gasteiger partial charge in [-0.15, -0.1) is 0 Å². The summed E-state index contributed by atoms with van der Waals surface area (Å²) in [5.74, 6) is 0.713. The second kappa shape index (κ2) is 7.60. The van der Waals surface area contributed by atoms with Gasteiger partial charge in [0.05, 0.1) is 17.9 Å². The summed E-state index contributed by atoms with van der Waals surface area (Å²) in [4.78, 5) is 14.9. The first-order valence-corrected chi connectivity index (χ1v) is 9.25. The number of benzene rings is 1. The number of nitrogens with zero attached hydrogens (tertiary/aromatic N) is 3. The Morgan fingerprint density at radius 3 is 2.69 bits per heavy atom. The molecule has 0 spiro atoms. The van der Waals surface area contributed by atoms with E-state index in [1.54, 1.807) is 0 Å². The molecule has 1 aliphatic heterocycles. The molecule has 3 rings (SSSR count). The van der Waals surface area contributed by atoms with Crippen molar-refractivity contribution in [1.29, 1.82) is 0 Å². The summed E-state index contributed by atoms with van der Waals surface area (Å²) in [5, 5.41) is 11.2. The van der Waals surface area contributed by atoms with Gasteiger partial charge in [0.1, 0.15) is 5.82 Å². The molecule has 2 N–H and O–H groups in total. The number of carbonyl (C=O) groups is 1. The van der Waals surface area contributed by atoms with E-state index in [-0.39, 0.29) is 11.3 Å². The minimum Gasteiger partial charge on any atom is -0.314 e. The fourth-order valence-corrected chi connectivity index (χ4v) is 3.09. The maximum atomic E-state index is 12.7. The number of anilines is 1. The van der Waals surface area contributed by atoms with Crippen LogP contribution in [-0.2, 0) is 10.2 Å². The Bertz CT molecular complexity index is 747. The summed E-state index contributed by atoms with van der Waals surface area (Å²) in [7, 11) is 0. The molecule has 140 valence electrons. The molecule has 1 fully saturated rings. The summed E-state index contributed by atoms with van der Waals surface area (Å²) < 4.78 is 1.82. The molecule has 2 aromatic rings. The first-order chi connectivity index (χ1) is 12.3. The third-order valence-electron chi connectivity index (χ3n) is 4.73. The van der Waals surface area contributed by atoms with Crippen LogP contribution in [0, 0.1) is 0 Å². The maximum Gasteiger partial charge on any atom is 0.239 e. The Morgan fingerprint density at radius 1 is 1.31 bits per heavy atom. The van der Waals surface area contributed by atoms with Gasteiger partial charge in [-0.3, -0.25) is 9.69 Å². The Kier molecular flexibility index (Phi) is 5.44. The zero-order chi connectivity index (χ0) is 18.7. The molecule has 1 saturated heterocycles. The predicted molar refractivity (Wildman–Crippen MR) is 105 cm³/mol. The van der Waals surface area contributed by atoms with Gasteiger partial charge in [0.2, 0.25) is 5.91 Å². The molecule has 1 aliphatic rings. The van der Waals surface area contributed by atoms with Crippen molar-refractivity contribution >= 4 is 11.7 Å². The standard InChI is InChI=1S/C20H29N5O/c1-15-13-21-10-11-24(15)14-19(26)22-18-12-17(20(2,3)4)23-25(18)16-8-6-5-7-9-16/h5-9,12,15,21H,10-11,13-14H2,1-4H3,(H,22,26)/t15-/m1/s1. The lowest BCUT2D eigenvalue weighted by Crippen LogP contribution is -2.52. The van der Waals surface area contributed by atoms with Crippen LogP contribution >= 0.6 is 0 Å². The molecule has 0 bridgehead atoms. The topological polar surface area (TPSA) is 62.2 Å². The van der Waals surface area contributed by atoms with Gasteiger partial charge in [0.15, 0.2) is 0 Å². The third-order valence-corrected chi connectivity index (χ3v) is 4.73. The van der Waals surface area contributed by atoms with Gasteiger partial charge >= 0.3 is 0 Å². The van der Waals surface area contributed by atoms with E-state index in [1.165, 1.54) is 0 Å². The summed E-state index contributed by atoms with van der Waals surface area (Å²) >= 11 is 0. The molecule has 0 radical (unpaired) electrons. The quantitative estimate of drug-likeness (QED) is 0.884. The lowest BCUT2D eigenvalue weighted by Gasteiger charge is -2.33. The fraction of sp³-hybridized carbons (Fsp3) is 0.500. The molecular weight excluding hydrogens is 326 g/mol. The largest absolute Gasteiger partial charge is 0.314 e. The second-order valence-electron chi connectivity index (χ2n) is 7.98. The van der Waals surface area contributed by atoms with Crippen LogP contribution < -0.4 is 10.6 Å². The van der Waals surface area contributed by atoms with E-state index in [0.717, 1.165) is 31.0 Å². The normalized spacial score (nSPS) is 18.7. The fourth-order valence-electron chi connectivity index (χ4n) is 3.09. The van der Waals surface area contributed by atoms with Gasteiger partial charge in [-0.2, -0.15) is 5.10 Å². The van der Waals surface area contributed by atoms with Gasteiger partial charge in [-0.05, 0) is 19.1 Å². The van der Waals surface area contributed by atoms with Crippen LogP contribution in [0.2, 0.25) is 0 Å². The van der Waals surface area contributed by atoms with Crippen molar-refractivity contribution < 1.29 is 4.79 Å². The second-order valence-corrected chi connectivity index (χ2v) is 7.98. The SMILES string of the molecule is C[C@@H]1CNCCN1CC(=O)Nc1cc(C(C)(C)C)nn1-c1ccccc1. The average molecular weight is 355 g/mol. The van der Waals surface area contributed by atoms with Crippen LogP contribution in [0.4, 0.5) is 5.82 Å². The van der Waals surface area contributed by atoms with Crippen molar-refractivity contribution in [2.24, 2.45) is 0 Å². The molecule has 1 amide bonds.